The van der Waals surface area contributed by atoms with Crippen molar-refractivity contribution in [2.75, 3.05) is 44.2 Å². The molecule has 0 saturated carbocycles. The van der Waals surface area contributed by atoms with E-state index in [2.05, 4.69) is 21.7 Å². The molecule has 0 atom stereocenters. The number of aliphatic imine (C=N–C) groups is 2. The minimum atomic E-state index is -0.142. The molecule has 1 fully saturated rings. The maximum Gasteiger partial charge on any atom is 0.284 e. The van der Waals surface area contributed by atoms with Gasteiger partial charge in [-0.2, -0.15) is 0 Å². The van der Waals surface area contributed by atoms with Gasteiger partial charge in [0.1, 0.15) is 11.5 Å². The van der Waals surface area contributed by atoms with Crippen molar-refractivity contribution >= 4 is 46.3 Å². The van der Waals surface area contributed by atoms with Gasteiger partial charge in [0.05, 0.1) is 17.9 Å². The molecule has 6 nitrogen and oxygen atoms in total. The number of anilines is 1. The van der Waals surface area contributed by atoms with Crippen LogP contribution in [-0.2, 0) is 4.79 Å². The second-order valence-electron chi connectivity index (χ2n) is 7.96. The summed E-state index contributed by atoms with van der Waals surface area (Å²) in [4.78, 5) is 29.2. The zero-order valence-electron chi connectivity index (χ0n) is 17.8. The summed E-state index contributed by atoms with van der Waals surface area (Å²) in [5, 5.41) is 1.17. The molecule has 3 aliphatic heterocycles. The van der Waals surface area contributed by atoms with E-state index < -0.39 is 0 Å². The summed E-state index contributed by atoms with van der Waals surface area (Å²) in [5.74, 6) is 0.469. The van der Waals surface area contributed by atoms with Crippen LogP contribution >= 0.6 is 23.2 Å². The third-order valence-corrected chi connectivity index (χ3v) is 6.62. The Hall–Kier alpha value is -2.67. The van der Waals surface area contributed by atoms with Gasteiger partial charge in [-0.05, 0) is 30.8 Å². The number of fused-ring (bicyclic) bond motifs is 3. The number of amides is 1. The van der Waals surface area contributed by atoms with Crippen LogP contribution in [-0.4, -0.2) is 66.5 Å². The van der Waals surface area contributed by atoms with Gasteiger partial charge >= 0.3 is 0 Å². The first-order chi connectivity index (χ1) is 15.5. The number of hydrogen-bond acceptors (Lipinski definition) is 5. The van der Waals surface area contributed by atoms with E-state index in [0.717, 1.165) is 43.9 Å². The van der Waals surface area contributed by atoms with Crippen LogP contribution in [0, 0.1) is 0 Å². The highest BCUT2D eigenvalue weighted by Gasteiger charge is 2.36. The molecular weight excluding hydrogens is 445 g/mol. The van der Waals surface area contributed by atoms with Gasteiger partial charge < -0.3 is 9.80 Å². The predicted molar refractivity (Wildman–Crippen MR) is 130 cm³/mol. The van der Waals surface area contributed by atoms with E-state index in [1.165, 1.54) is 0 Å². The van der Waals surface area contributed by atoms with Crippen LogP contribution < -0.4 is 4.90 Å². The van der Waals surface area contributed by atoms with E-state index in [1.807, 2.05) is 42.6 Å². The van der Waals surface area contributed by atoms with Crippen molar-refractivity contribution < 1.29 is 4.79 Å². The van der Waals surface area contributed by atoms with Gasteiger partial charge in [-0.15, -0.1) is 0 Å². The van der Waals surface area contributed by atoms with Gasteiger partial charge in [0, 0.05) is 53.6 Å². The van der Waals surface area contributed by atoms with E-state index in [1.54, 1.807) is 11.0 Å². The average molecular weight is 468 g/mol. The van der Waals surface area contributed by atoms with Crippen LogP contribution in [0.3, 0.4) is 0 Å². The zero-order valence-corrected chi connectivity index (χ0v) is 19.3. The van der Waals surface area contributed by atoms with Crippen LogP contribution in [0.5, 0.6) is 0 Å². The van der Waals surface area contributed by atoms with Crippen molar-refractivity contribution in [1.82, 2.24) is 9.80 Å². The lowest BCUT2D eigenvalue weighted by Gasteiger charge is -2.33. The Balaban J connectivity index is 1.54. The van der Waals surface area contributed by atoms with Crippen molar-refractivity contribution in [2.24, 2.45) is 9.98 Å². The fourth-order valence-corrected chi connectivity index (χ4v) is 4.70. The van der Waals surface area contributed by atoms with Gasteiger partial charge in [0.15, 0.2) is 0 Å². The molecule has 0 aromatic heterocycles. The zero-order chi connectivity index (χ0) is 22.2. The Bertz CT molecular complexity index is 1160. The van der Waals surface area contributed by atoms with Crippen LogP contribution in [0.1, 0.15) is 18.1 Å². The number of carbonyl (C=O) groups excluding carboxylic acids is 1. The van der Waals surface area contributed by atoms with Crippen LogP contribution in [0.25, 0.3) is 0 Å². The number of benzene rings is 2. The molecule has 3 heterocycles. The first-order valence-corrected chi connectivity index (χ1v) is 11.5. The minimum Gasteiger partial charge on any atom is -0.373 e. The molecule has 0 aliphatic carbocycles. The molecular formula is C24H23Cl2N5O. The van der Waals surface area contributed by atoms with E-state index in [9.17, 15) is 4.79 Å². The molecule has 0 radical (unpaired) electrons. The molecule has 0 N–H and O–H groups in total. The van der Waals surface area contributed by atoms with E-state index >= 15 is 0 Å². The van der Waals surface area contributed by atoms with Crippen LogP contribution in [0.2, 0.25) is 10.0 Å². The fourth-order valence-electron chi connectivity index (χ4n) is 4.30. The Morgan fingerprint density at radius 1 is 1.03 bits per heavy atom. The number of rotatable bonds is 3. The first-order valence-electron chi connectivity index (χ1n) is 10.7. The maximum atomic E-state index is 13.4. The monoisotopic (exact) mass is 467 g/mol. The summed E-state index contributed by atoms with van der Waals surface area (Å²) in [7, 11) is 0. The molecule has 8 heteroatoms. The molecule has 2 aromatic carbocycles. The number of piperazine rings is 1. The molecule has 3 aliphatic rings. The summed E-state index contributed by atoms with van der Waals surface area (Å²) in [6.45, 7) is 7.24. The standard InChI is InChI=1S/C24H23Cl2N5O/c1-2-29-9-11-30(12-10-29)15-20-24(32)31-21-8-7-16(25)13-18(21)23(27-14-22(31)28-20)17-5-3-4-6-19(17)26/h3-8,13,15H,2,9-12,14H2,1H3/b20-15+. The molecule has 0 bridgehead atoms. The Morgan fingerprint density at radius 2 is 1.81 bits per heavy atom. The summed E-state index contributed by atoms with van der Waals surface area (Å²) >= 11 is 12.8. The summed E-state index contributed by atoms with van der Waals surface area (Å²) < 4.78 is 0. The molecule has 32 heavy (non-hydrogen) atoms. The van der Waals surface area contributed by atoms with Crippen molar-refractivity contribution in [3.63, 3.8) is 0 Å². The maximum absolute atomic E-state index is 13.4. The number of hydrogen-bond donors (Lipinski definition) is 0. The molecule has 5 rings (SSSR count). The minimum absolute atomic E-state index is 0.142. The summed E-state index contributed by atoms with van der Waals surface area (Å²) in [6, 6.07) is 13.0. The number of carbonyl (C=O) groups is 1. The number of halogens is 2. The van der Waals surface area contributed by atoms with Gasteiger partial charge in [-0.3, -0.25) is 14.7 Å². The summed E-state index contributed by atoms with van der Waals surface area (Å²) in [6.07, 6.45) is 1.89. The average Bonchev–Trinajstić information content (AvgIpc) is 3.01. The lowest BCUT2D eigenvalue weighted by molar-refractivity contribution is -0.114. The number of amidine groups is 1. The predicted octanol–water partition coefficient (Wildman–Crippen LogP) is 4.07. The SMILES string of the molecule is CCN1CCN(/C=C2/N=C3CN=C(c4ccccc4Cl)c4cc(Cl)ccc4N3C2=O)CC1. The van der Waals surface area contributed by atoms with Crippen LogP contribution in [0.4, 0.5) is 5.69 Å². The van der Waals surface area contributed by atoms with Gasteiger partial charge in [-0.1, -0.05) is 48.3 Å². The number of nitrogens with zero attached hydrogens (tertiary/aromatic N) is 5. The molecule has 0 spiro atoms. The molecule has 164 valence electrons. The number of likely N-dealkylation sites (N-methyl/N-ethyl adjacent to an activating group) is 1. The van der Waals surface area contributed by atoms with Gasteiger partial charge in [0.25, 0.3) is 5.91 Å². The lowest BCUT2D eigenvalue weighted by Crippen LogP contribution is -2.44. The lowest BCUT2D eigenvalue weighted by atomic mass is 10.00. The van der Waals surface area contributed by atoms with Gasteiger partial charge in [-0.25, -0.2) is 4.99 Å². The van der Waals surface area contributed by atoms with Crippen molar-refractivity contribution in [3.05, 3.63) is 75.5 Å². The van der Waals surface area contributed by atoms with E-state index in [-0.39, 0.29) is 12.5 Å². The van der Waals surface area contributed by atoms with E-state index in [0.29, 0.717) is 33.0 Å². The summed E-state index contributed by atoms with van der Waals surface area (Å²) in [5.41, 5.74) is 3.44. The smallest absolute Gasteiger partial charge is 0.284 e. The first kappa shape index (κ1) is 21.2. The molecule has 0 unspecified atom stereocenters. The molecule has 2 aromatic rings. The topological polar surface area (TPSA) is 51.5 Å². The normalized spacial score (nSPS) is 20.1. The molecule has 1 amide bonds. The highest BCUT2D eigenvalue weighted by molar-refractivity contribution is 6.38. The second kappa shape index (κ2) is 8.70. The van der Waals surface area contributed by atoms with E-state index in [4.69, 9.17) is 28.2 Å². The second-order valence-corrected chi connectivity index (χ2v) is 8.80. The quantitative estimate of drug-likeness (QED) is 0.639. The fraction of sp³-hybridized carbons (Fsp3) is 0.292. The highest BCUT2D eigenvalue weighted by Crippen LogP contribution is 2.34. The molecule has 1 saturated heterocycles. The third-order valence-electron chi connectivity index (χ3n) is 6.05. The van der Waals surface area contributed by atoms with Crippen molar-refractivity contribution in [3.8, 4) is 0 Å². The Kier molecular flexibility index (Phi) is 5.76. The largest absolute Gasteiger partial charge is 0.373 e. The van der Waals surface area contributed by atoms with Crippen LogP contribution in [0.15, 0.2) is 64.3 Å². The van der Waals surface area contributed by atoms with Crippen molar-refractivity contribution in [1.29, 1.82) is 0 Å². The highest BCUT2D eigenvalue weighted by atomic mass is 35.5. The Morgan fingerprint density at radius 3 is 2.56 bits per heavy atom. The van der Waals surface area contributed by atoms with Gasteiger partial charge in [0.2, 0.25) is 0 Å². The third kappa shape index (κ3) is 3.83. The van der Waals surface area contributed by atoms with Crippen molar-refractivity contribution in [2.45, 2.75) is 6.92 Å². The Labute approximate surface area is 197 Å².